The predicted molar refractivity (Wildman–Crippen MR) is 83.1 cm³/mol. The maximum Gasteiger partial charge on any atom is 0.255 e. The Morgan fingerprint density at radius 2 is 2.22 bits per heavy atom. The van der Waals surface area contributed by atoms with Gasteiger partial charge in [-0.1, -0.05) is 5.16 Å². The molecule has 1 unspecified atom stereocenters. The zero-order valence-corrected chi connectivity index (χ0v) is 13.5. The maximum absolute atomic E-state index is 12.9. The van der Waals surface area contributed by atoms with Gasteiger partial charge in [-0.25, -0.2) is 0 Å². The molecule has 2 aliphatic rings. The molecule has 1 saturated heterocycles. The van der Waals surface area contributed by atoms with Crippen molar-refractivity contribution in [3.63, 3.8) is 0 Å². The molecular formula is C16H21N5O2. The first-order chi connectivity index (χ1) is 11.1. The predicted octanol–water partition coefficient (Wildman–Crippen LogP) is 1.71. The number of aryl methyl sites for hydroxylation is 1. The summed E-state index contributed by atoms with van der Waals surface area (Å²) in [6.07, 6.45) is 4.22. The molecule has 7 heteroatoms. The molecule has 0 spiro atoms. The van der Waals surface area contributed by atoms with Crippen LogP contribution in [0.25, 0.3) is 0 Å². The van der Waals surface area contributed by atoms with E-state index in [9.17, 15) is 4.79 Å². The average Bonchev–Trinajstić information content (AvgIpc) is 3.11. The minimum atomic E-state index is -0.0442. The van der Waals surface area contributed by atoms with E-state index in [2.05, 4.69) is 20.0 Å². The van der Waals surface area contributed by atoms with E-state index in [0.29, 0.717) is 30.7 Å². The molecule has 0 aromatic carbocycles. The van der Waals surface area contributed by atoms with Gasteiger partial charge in [-0.15, -0.1) is 0 Å². The number of nitrogens with zero attached hydrogens (tertiary/aromatic N) is 4. The molecule has 4 rings (SSSR count). The van der Waals surface area contributed by atoms with Gasteiger partial charge >= 0.3 is 0 Å². The second kappa shape index (κ2) is 5.49. The van der Waals surface area contributed by atoms with Crippen molar-refractivity contribution in [2.24, 2.45) is 0 Å². The summed E-state index contributed by atoms with van der Waals surface area (Å²) in [5.74, 6) is 1.84. The second-order valence-corrected chi connectivity index (χ2v) is 6.51. The van der Waals surface area contributed by atoms with Crippen LogP contribution in [0.2, 0.25) is 0 Å². The number of H-pyrrole nitrogens is 1. The Kier molecular flexibility index (Phi) is 3.45. The average molecular weight is 315 g/mol. The summed E-state index contributed by atoms with van der Waals surface area (Å²) >= 11 is 0. The second-order valence-electron chi connectivity index (χ2n) is 6.51. The van der Waals surface area contributed by atoms with Crippen molar-refractivity contribution in [3.05, 3.63) is 35.2 Å². The van der Waals surface area contributed by atoms with Gasteiger partial charge in [-0.3, -0.25) is 9.69 Å². The van der Waals surface area contributed by atoms with Gasteiger partial charge in [0.15, 0.2) is 5.82 Å². The monoisotopic (exact) mass is 315 g/mol. The van der Waals surface area contributed by atoms with E-state index < -0.39 is 0 Å². The third-order valence-corrected chi connectivity index (χ3v) is 4.76. The number of amides is 1. The van der Waals surface area contributed by atoms with Crippen molar-refractivity contribution < 1.29 is 9.32 Å². The third-order valence-electron chi connectivity index (χ3n) is 4.76. The van der Waals surface area contributed by atoms with Gasteiger partial charge in [-0.05, 0) is 38.8 Å². The highest BCUT2D eigenvalue weighted by Gasteiger charge is 2.35. The van der Waals surface area contributed by atoms with E-state index in [1.165, 1.54) is 12.8 Å². The molecule has 2 fully saturated rings. The van der Waals surface area contributed by atoms with Crippen molar-refractivity contribution in [1.82, 2.24) is 24.9 Å². The third kappa shape index (κ3) is 2.65. The first-order valence-corrected chi connectivity index (χ1v) is 8.10. The van der Waals surface area contributed by atoms with Crippen LogP contribution in [0.5, 0.6) is 0 Å². The van der Waals surface area contributed by atoms with Crippen LogP contribution in [0, 0.1) is 6.92 Å². The number of rotatable bonds is 3. The van der Waals surface area contributed by atoms with Crippen molar-refractivity contribution in [1.29, 1.82) is 0 Å². The van der Waals surface area contributed by atoms with E-state index in [1.54, 1.807) is 6.92 Å². The molecule has 122 valence electrons. The first-order valence-electron chi connectivity index (χ1n) is 8.10. The maximum atomic E-state index is 12.9. The molecule has 2 aromatic heterocycles. The van der Waals surface area contributed by atoms with Gasteiger partial charge < -0.3 is 14.4 Å². The Hall–Kier alpha value is -2.15. The van der Waals surface area contributed by atoms with Crippen LogP contribution in [0.4, 0.5) is 0 Å². The summed E-state index contributed by atoms with van der Waals surface area (Å²) in [6.45, 7) is 3.89. The van der Waals surface area contributed by atoms with Gasteiger partial charge in [0, 0.05) is 31.5 Å². The van der Waals surface area contributed by atoms with Gasteiger partial charge in [-0.2, -0.15) is 4.98 Å². The van der Waals surface area contributed by atoms with Crippen LogP contribution in [0.1, 0.15) is 52.6 Å². The Morgan fingerprint density at radius 1 is 1.39 bits per heavy atom. The van der Waals surface area contributed by atoms with E-state index in [4.69, 9.17) is 4.52 Å². The fourth-order valence-corrected chi connectivity index (χ4v) is 3.22. The van der Waals surface area contributed by atoms with Crippen LogP contribution in [-0.4, -0.2) is 57.5 Å². The molecule has 1 aliphatic carbocycles. The smallest absolute Gasteiger partial charge is 0.255 e. The molecule has 0 radical (unpaired) electrons. The Balaban J connectivity index is 1.54. The molecule has 23 heavy (non-hydrogen) atoms. The minimum Gasteiger partial charge on any atom is -0.364 e. The molecule has 1 N–H and O–H groups in total. The van der Waals surface area contributed by atoms with Gasteiger partial charge in [0.25, 0.3) is 5.91 Å². The highest BCUT2D eigenvalue weighted by atomic mass is 16.5. The lowest BCUT2D eigenvalue weighted by molar-refractivity contribution is 0.0488. The Morgan fingerprint density at radius 3 is 2.91 bits per heavy atom. The van der Waals surface area contributed by atoms with E-state index in [1.807, 2.05) is 24.2 Å². The summed E-state index contributed by atoms with van der Waals surface area (Å²) in [5, 5.41) is 3.87. The van der Waals surface area contributed by atoms with Gasteiger partial charge in [0.1, 0.15) is 6.04 Å². The fourth-order valence-electron chi connectivity index (χ4n) is 3.22. The zero-order valence-electron chi connectivity index (χ0n) is 13.5. The number of aromatic nitrogens is 3. The van der Waals surface area contributed by atoms with Crippen molar-refractivity contribution >= 4 is 5.91 Å². The summed E-state index contributed by atoms with van der Waals surface area (Å²) < 4.78 is 5.32. The van der Waals surface area contributed by atoms with Crippen LogP contribution >= 0.6 is 0 Å². The number of piperazine rings is 1. The lowest BCUT2D eigenvalue weighted by Gasteiger charge is -2.37. The minimum absolute atomic E-state index is 0.0442. The van der Waals surface area contributed by atoms with E-state index in [0.717, 1.165) is 17.8 Å². The van der Waals surface area contributed by atoms with Crippen molar-refractivity contribution in [2.75, 3.05) is 26.7 Å². The summed E-state index contributed by atoms with van der Waals surface area (Å²) in [7, 11) is 2.03. The molecule has 1 aliphatic heterocycles. The fraction of sp³-hybridized carbons (Fsp3) is 0.562. The van der Waals surface area contributed by atoms with E-state index in [-0.39, 0.29) is 11.9 Å². The highest BCUT2D eigenvalue weighted by molar-refractivity contribution is 5.95. The Labute approximate surface area is 134 Å². The zero-order chi connectivity index (χ0) is 16.0. The number of hydrogen-bond donors (Lipinski definition) is 1. The SMILES string of the molecule is Cc1noc(C2CN(C(=O)c3cc[nH]c3C3CC3)CCN2C)n1. The topological polar surface area (TPSA) is 78.3 Å². The molecular weight excluding hydrogens is 294 g/mol. The summed E-state index contributed by atoms with van der Waals surface area (Å²) in [6, 6.07) is 1.86. The van der Waals surface area contributed by atoms with E-state index >= 15 is 0 Å². The van der Waals surface area contributed by atoms with Crippen LogP contribution in [-0.2, 0) is 0 Å². The lowest BCUT2D eigenvalue weighted by Crippen LogP contribution is -2.49. The van der Waals surface area contributed by atoms with Gasteiger partial charge in [0.2, 0.25) is 5.89 Å². The van der Waals surface area contributed by atoms with Crippen LogP contribution in [0.3, 0.4) is 0 Å². The number of aromatic amines is 1. The van der Waals surface area contributed by atoms with Gasteiger partial charge in [0.05, 0.1) is 5.56 Å². The quantitative estimate of drug-likeness (QED) is 0.933. The van der Waals surface area contributed by atoms with Crippen molar-refractivity contribution in [3.8, 4) is 0 Å². The number of likely N-dealkylation sites (N-methyl/N-ethyl adjacent to an activating group) is 1. The largest absolute Gasteiger partial charge is 0.364 e. The standard InChI is InChI=1S/C16H21N5O2/c1-10-18-15(23-19-10)13-9-21(8-7-20(13)2)16(22)12-5-6-17-14(12)11-3-4-11/h5-6,11,13,17H,3-4,7-9H2,1-2H3. The molecule has 2 aromatic rings. The number of carbonyl (C=O) groups is 1. The lowest BCUT2D eigenvalue weighted by atomic mass is 10.1. The molecule has 0 bridgehead atoms. The first kappa shape index (κ1) is 14.4. The van der Waals surface area contributed by atoms with Crippen LogP contribution < -0.4 is 0 Å². The molecule has 7 nitrogen and oxygen atoms in total. The number of hydrogen-bond acceptors (Lipinski definition) is 5. The molecule has 1 saturated carbocycles. The molecule has 1 atom stereocenters. The highest BCUT2D eigenvalue weighted by Crippen LogP contribution is 2.41. The normalized spacial score (nSPS) is 22.5. The summed E-state index contributed by atoms with van der Waals surface area (Å²) in [5.41, 5.74) is 1.91. The molecule has 3 heterocycles. The summed E-state index contributed by atoms with van der Waals surface area (Å²) in [4.78, 5) is 24.6. The van der Waals surface area contributed by atoms with Crippen molar-refractivity contribution in [2.45, 2.75) is 31.7 Å². The molecule has 1 amide bonds. The Bertz CT molecular complexity index is 718. The van der Waals surface area contributed by atoms with Crippen LogP contribution in [0.15, 0.2) is 16.8 Å². The number of carbonyl (C=O) groups excluding carboxylic acids is 1. The number of nitrogens with one attached hydrogen (secondary N) is 1.